The molecule has 156 valence electrons. The number of nitro benzene ring substituents is 1. The lowest BCUT2D eigenvalue weighted by molar-refractivity contribution is -0.384. The van der Waals surface area contributed by atoms with Crippen LogP contribution in [0.5, 0.6) is 11.5 Å². The van der Waals surface area contributed by atoms with E-state index in [2.05, 4.69) is 11.8 Å². The number of carbonyl (C=O) groups is 1. The number of benzene rings is 4. The average molecular weight is 423 g/mol. The van der Waals surface area contributed by atoms with Crippen LogP contribution in [0.1, 0.15) is 11.1 Å². The van der Waals surface area contributed by atoms with Gasteiger partial charge in [-0.2, -0.15) is 0 Å². The van der Waals surface area contributed by atoms with Gasteiger partial charge in [-0.1, -0.05) is 66.6 Å². The largest absolute Gasteiger partial charge is 0.488 e. The number of carbonyl (C=O) groups excluding carboxylic acids is 1. The molecule has 0 spiro atoms. The van der Waals surface area contributed by atoms with Crippen LogP contribution >= 0.6 is 0 Å². The van der Waals surface area contributed by atoms with Crippen LogP contribution in [0.4, 0.5) is 5.69 Å². The first-order valence-corrected chi connectivity index (χ1v) is 9.77. The number of non-ortho nitro benzene ring substituents is 1. The molecule has 0 N–H and O–H groups in total. The summed E-state index contributed by atoms with van der Waals surface area (Å²) in [6.45, 7) is 0.362. The average Bonchev–Trinajstić information content (AvgIpc) is 2.82. The Morgan fingerprint density at radius 1 is 0.875 bits per heavy atom. The summed E-state index contributed by atoms with van der Waals surface area (Å²) < 4.78 is 11.2. The molecule has 0 unspecified atom stereocenters. The van der Waals surface area contributed by atoms with E-state index in [1.165, 1.54) is 24.3 Å². The van der Waals surface area contributed by atoms with E-state index in [1.54, 1.807) is 0 Å². The fraction of sp³-hybridized carbons (Fsp3) is 0.0385. The lowest BCUT2D eigenvalue weighted by Gasteiger charge is -2.11. The number of nitrogens with zero attached hydrogens (tertiary/aromatic N) is 1. The first-order chi connectivity index (χ1) is 15.6. The molecule has 4 aromatic rings. The third-order valence-corrected chi connectivity index (χ3v) is 4.68. The molecule has 0 aliphatic heterocycles. The molecule has 4 rings (SSSR count). The second-order valence-electron chi connectivity index (χ2n) is 6.82. The van der Waals surface area contributed by atoms with Crippen molar-refractivity contribution in [3.05, 3.63) is 112 Å². The summed E-state index contributed by atoms with van der Waals surface area (Å²) in [4.78, 5) is 22.5. The van der Waals surface area contributed by atoms with Crippen molar-refractivity contribution in [1.82, 2.24) is 0 Å². The normalized spacial score (nSPS) is 10.1. The van der Waals surface area contributed by atoms with Crippen LogP contribution < -0.4 is 9.47 Å². The van der Waals surface area contributed by atoms with Gasteiger partial charge in [-0.05, 0) is 29.1 Å². The van der Waals surface area contributed by atoms with Gasteiger partial charge in [0.15, 0.2) is 0 Å². The predicted octanol–water partition coefficient (Wildman–Crippen LogP) is 5.28. The Labute approximate surface area is 184 Å². The number of ether oxygens (including phenoxy) is 2. The van der Waals surface area contributed by atoms with Crippen LogP contribution in [0.25, 0.3) is 10.8 Å². The number of hydrogen-bond acceptors (Lipinski definition) is 5. The monoisotopic (exact) mass is 423 g/mol. The molecule has 0 saturated heterocycles. The molecule has 0 atom stereocenters. The highest BCUT2D eigenvalue weighted by Gasteiger charge is 2.09. The van der Waals surface area contributed by atoms with Gasteiger partial charge in [0.25, 0.3) is 5.69 Å². The molecule has 0 aliphatic rings. The molecule has 0 aromatic heterocycles. The molecule has 0 bridgehead atoms. The summed E-state index contributed by atoms with van der Waals surface area (Å²) in [7, 11) is 0. The third-order valence-electron chi connectivity index (χ3n) is 4.68. The van der Waals surface area contributed by atoms with Gasteiger partial charge in [0, 0.05) is 23.4 Å². The van der Waals surface area contributed by atoms with Crippen molar-refractivity contribution in [1.29, 1.82) is 0 Å². The number of rotatable bonds is 5. The van der Waals surface area contributed by atoms with E-state index < -0.39 is 10.9 Å². The number of fused-ring (bicyclic) bond motifs is 1. The minimum atomic E-state index is -0.777. The molecule has 0 aliphatic carbocycles. The van der Waals surface area contributed by atoms with Crippen molar-refractivity contribution in [2.24, 2.45) is 0 Å². The molecule has 32 heavy (non-hydrogen) atoms. The van der Waals surface area contributed by atoms with E-state index in [0.29, 0.717) is 17.9 Å². The maximum absolute atomic E-state index is 12.3. The lowest BCUT2D eigenvalue weighted by atomic mass is 10.0. The second-order valence-corrected chi connectivity index (χ2v) is 6.82. The van der Waals surface area contributed by atoms with Crippen LogP contribution in [-0.2, 0) is 11.4 Å². The SMILES string of the molecule is O=C(C#Cc1c(OCc2ccccc2)ccc2ccccc12)Oc1ccc([N+](=O)[O-])cc1. The minimum absolute atomic E-state index is 0.0909. The summed E-state index contributed by atoms with van der Waals surface area (Å²) >= 11 is 0. The van der Waals surface area contributed by atoms with Gasteiger partial charge in [0.2, 0.25) is 0 Å². The predicted molar refractivity (Wildman–Crippen MR) is 120 cm³/mol. The highest BCUT2D eigenvalue weighted by atomic mass is 16.6. The molecule has 0 heterocycles. The molecule has 4 aromatic carbocycles. The summed E-state index contributed by atoms with van der Waals surface area (Å²) in [6.07, 6.45) is 0. The Bertz CT molecular complexity index is 1340. The lowest BCUT2D eigenvalue weighted by Crippen LogP contribution is -2.05. The summed E-state index contributed by atoms with van der Waals surface area (Å²) in [5.74, 6) is 5.33. The first-order valence-electron chi connectivity index (χ1n) is 9.77. The Balaban J connectivity index is 1.59. The van der Waals surface area contributed by atoms with E-state index in [9.17, 15) is 14.9 Å². The zero-order valence-corrected chi connectivity index (χ0v) is 16.9. The summed E-state index contributed by atoms with van der Waals surface area (Å²) in [5, 5.41) is 12.6. The zero-order chi connectivity index (χ0) is 22.3. The Morgan fingerprint density at radius 2 is 1.59 bits per heavy atom. The number of esters is 1. The van der Waals surface area contributed by atoms with Crippen LogP contribution in [0.15, 0.2) is 91.0 Å². The number of hydrogen-bond donors (Lipinski definition) is 0. The van der Waals surface area contributed by atoms with Crippen LogP contribution in [0.2, 0.25) is 0 Å². The molecular weight excluding hydrogens is 406 g/mol. The van der Waals surface area contributed by atoms with Crippen LogP contribution in [0, 0.1) is 22.0 Å². The van der Waals surface area contributed by atoms with E-state index in [0.717, 1.165) is 16.3 Å². The fourth-order valence-electron chi connectivity index (χ4n) is 3.12. The van der Waals surface area contributed by atoms with Gasteiger partial charge >= 0.3 is 5.97 Å². The van der Waals surface area contributed by atoms with E-state index in [4.69, 9.17) is 9.47 Å². The molecule has 0 fully saturated rings. The van der Waals surface area contributed by atoms with E-state index >= 15 is 0 Å². The molecule has 0 radical (unpaired) electrons. The van der Waals surface area contributed by atoms with Gasteiger partial charge < -0.3 is 9.47 Å². The van der Waals surface area contributed by atoms with Crippen molar-refractivity contribution in [2.45, 2.75) is 6.61 Å². The van der Waals surface area contributed by atoms with Crippen molar-refractivity contribution in [2.75, 3.05) is 0 Å². The van der Waals surface area contributed by atoms with Gasteiger partial charge in [0.05, 0.1) is 10.5 Å². The van der Waals surface area contributed by atoms with Gasteiger partial charge in [-0.3, -0.25) is 10.1 Å². The molecule has 0 saturated carbocycles. The van der Waals surface area contributed by atoms with E-state index in [1.807, 2.05) is 66.7 Å². The molecule has 6 heteroatoms. The first kappa shape index (κ1) is 20.6. The van der Waals surface area contributed by atoms with Gasteiger partial charge in [-0.15, -0.1) is 0 Å². The Kier molecular flexibility index (Phi) is 6.10. The van der Waals surface area contributed by atoms with Crippen molar-refractivity contribution >= 4 is 22.4 Å². The topological polar surface area (TPSA) is 78.7 Å². The number of nitro groups is 1. The Hall–Kier alpha value is -4.63. The Morgan fingerprint density at radius 3 is 2.34 bits per heavy atom. The molecule has 6 nitrogen and oxygen atoms in total. The van der Waals surface area contributed by atoms with Crippen molar-refractivity contribution in [3.63, 3.8) is 0 Å². The maximum Gasteiger partial charge on any atom is 0.390 e. The zero-order valence-electron chi connectivity index (χ0n) is 16.9. The summed E-state index contributed by atoms with van der Waals surface area (Å²) in [5.41, 5.74) is 1.50. The molecular formula is C26H17NO5. The standard InChI is InChI=1S/C26H17NO5/c28-26(32-22-13-11-21(12-14-22)27(29)30)17-15-24-23-9-5-4-8-20(23)10-16-25(24)31-18-19-6-2-1-3-7-19/h1-14,16H,18H2. The smallest absolute Gasteiger partial charge is 0.390 e. The summed E-state index contributed by atoms with van der Waals surface area (Å²) in [6, 6.07) is 26.4. The van der Waals surface area contributed by atoms with Gasteiger partial charge in [0.1, 0.15) is 18.1 Å². The highest BCUT2D eigenvalue weighted by Crippen LogP contribution is 2.28. The van der Waals surface area contributed by atoms with Crippen molar-refractivity contribution in [3.8, 4) is 23.3 Å². The maximum atomic E-state index is 12.3. The van der Waals surface area contributed by atoms with Crippen LogP contribution in [-0.4, -0.2) is 10.9 Å². The molecule has 0 amide bonds. The third kappa shape index (κ3) is 4.91. The van der Waals surface area contributed by atoms with Gasteiger partial charge in [-0.25, -0.2) is 4.79 Å². The van der Waals surface area contributed by atoms with Crippen LogP contribution in [0.3, 0.4) is 0 Å². The quantitative estimate of drug-likeness (QED) is 0.143. The fourth-order valence-corrected chi connectivity index (χ4v) is 3.12. The minimum Gasteiger partial charge on any atom is -0.488 e. The highest BCUT2D eigenvalue weighted by molar-refractivity contribution is 5.95. The van der Waals surface area contributed by atoms with E-state index in [-0.39, 0.29) is 11.4 Å². The van der Waals surface area contributed by atoms with Crippen molar-refractivity contribution < 1.29 is 19.2 Å². The second kappa shape index (κ2) is 9.45.